The first-order valence-corrected chi connectivity index (χ1v) is 5.87. The average molecular weight is 317 g/mol. The van der Waals surface area contributed by atoms with E-state index in [4.69, 9.17) is 4.74 Å². The molecule has 0 atom stereocenters. The molecule has 2 aromatic rings. The molecule has 0 saturated heterocycles. The van der Waals surface area contributed by atoms with Crippen molar-refractivity contribution in [3.63, 3.8) is 0 Å². The van der Waals surface area contributed by atoms with Crippen LogP contribution in [0.3, 0.4) is 0 Å². The molecule has 0 aliphatic carbocycles. The summed E-state index contributed by atoms with van der Waals surface area (Å²) in [4.78, 5) is 0. The Morgan fingerprint density at radius 2 is 1.61 bits per heavy atom. The second kappa shape index (κ2) is 5.44. The van der Waals surface area contributed by atoms with Crippen molar-refractivity contribution in [2.75, 3.05) is 0 Å². The van der Waals surface area contributed by atoms with Crippen molar-refractivity contribution in [2.45, 2.75) is 6.61 Å². The average Bonchev–Trinajstić information content (AvgIpc) is 2.32. The third-order valence-corrected chi connectivity index (χ3v) is 2.90. The van der Waals surface area contributed by atoms with Gasteiger partial charge < -0.3 is 4.74 Å². The molecule has 0 N–H and O–H groups in total. The maximum atomic E-state index is 13.3. The molecule has 5 heteroatoms. The van der Waals surface area contributed by atoms with E-state index in [0.29, 0.717) is 10.2 Å². The van der Waals surface area contributed by atoms with E-state index in [1.165, 1.54) is 18.2 Å². The van der Waals surface area contributed by atoms with Crippen LogP contribution in [0.5, 0.6) is 5.75 Å². The molecule has 2 rings (SSSR count). The molecular formula is C13H8BrF3O. The largest absolute Gasteiger partial charge is 0.488 e. The van der Waals surface area contributed by atoms with Gasteiger partial charge in [-0.25, -0.2) is 13.2 Å². The maximum absolute atomic E-state index is 13.3. The van der Waals surface area contributed by atoms with Crippen LogP contribution in [0.4, 0.5) is 13.2 Å². The lowest BCUT2D eigenvalue weighted by atomic mass is 10.2. The van der Waals surface area contributed by atoms with Crippen molar-refractivity contribution in [3.05, 3.63) is 63.9 Å². The predicted molar refractivity (Wildman–Crippen MR) is 64.8 cm³/mol. The van der Waals surface area contributed by atoms with E-state index in [-0.39, 0.29) is 12.2 Å². The Kier molecular flexibility index (Phi) is 3.91. The number of hydrogen-bond acceptors (Lipinski definition) is 1. The Morgan fingerprint density at radius 1 is 0.944 bits per heavy atom. The van der Waals surface area contributed by atoms with Gasteiger partial charge in [-0.15, -0.1) is 0 Å². The van der Waals surface area contributed by atoms with Gasteiger partial charge in [-0.2, -0.15) is 0 Å². The molecule has 0 aliphatic rings. The molecule has 0 unspecified atom stereocenters. The van der Waals surface area contributed by atoms with E-state index in [9.17, 15) is 13.2 Å². The summed E-state index contributed by atoms with van der Waals surface area (Å²) in [7, 11) is 0. The van der Waals surface area contributed by atoms with Gasteiger partial charge in [0.1, 0.15) is 29.8 Å². The van der Waals surface area contributed by atoms with Crippen LogP contribution in [0.25, 0.3) is 0 Å². The van der Waals surface area contributed by atoms with Gasteiger partial charge in [-0.1, -0.05) is 0 Å². The molecule has 0 radical (unpaired) electrons. The van der Waals surface area contributed by atoms with Crippen LogP contribution in [-0.2, 0) is 6.61 Å². The van der Waals surface area contributed by atoms with Gasteiger partial charge in [0.15, 0.2) is 0 Å². The Bertz CT molecular complexity index is 572. The summed E-state index contributed by atoms with van der Waals surface area (Å²) < 4.78 is 44.8. The maximum Gasteiger partial charge on any atom is 0.134 e. The first kappa shape index (κ1) is 13.0. The minimum absolute atomic E-state index is 0.103. The molecule has 1 nitrogen and oxygen atoms in total. The summed E-state index contributed by atoms with van der Waals surface area (Å²) in [5.41, 5.74) is 0.103. The van der Waals surface area contributed by atoms with Crippen molar-refractivity contribution in [2.24, 2.45) is 0 Å². The quantitative estimate of drug-likeness (QED) is 0.813. The molecule has 0 fully saturated rings. The molecule has 2 aromatic carbocycles. The fraction of sp³-hybridized carbons (Fsp3) is 0.0769. The summed E-state index contributed by atoms with van der Waals surface area (Å²) in [6.45, 7) is -0.131. The van der Waals surface area contributed by atoms with Gasteiger partial charge in [-0.05, 0) is 52.3 Å². The summed E-state index contributed by atoms with van der Waals surface area (Å²) in [6, 6.07) is 7.00. The number of hydrogen-bond donors (Lipinski definition) is 0. The zero-order chi connectivity index (χ0) is 13.1. The van der Waals surface area contributed by atoms with Gasteiger partial charge in [0.25, 0.3) is 0 Å². The Labute approximate surface area is 110 Å². The highest BCUT2D eigenvalue weighted by Crippen LogP contribution is 2.26. The fourth-order valence-electron chi connectivity index (χ4n) is 1.40. The van der Waals surface area contributed by atoms with E-state index in [1.807, 2.05) is 0 Å². The van der Waals surface area contributed by atoms with Gasteiger partial charge in [0, 0.05) is 5.56 Å². The SMILES string of the molecule is Fc1ccc(OCc2cc(F)ccc2F)c(Br)c1. The van der Waals surface area contributed by atoms with Crippen LogP contribution in [0, 0.1) is 17.5 Å². The minimum Gasteiger partial charge on any atom is -0.488 e. The first-order chi connectivity index (χ1) is 8.56. The van der Waals surface area contributed by atoms with Gasteiger partial charge >= 0.3 is 0 Å². The second-order valence-electron chi connectivity index (χ2n) is 3.60. The van der Waals surface area contributed by atoms with Crippen molar-refractivity contribution in [3.8, 4) is 5.75 Å². The molecule has 0 amide bonds. The standard InChI is InChI=1S/C13H8BrF3O/c14-11-6-10(16)2-4-13(11)18-7-8-5-9(15)1-3-12(8)17/h1-6H,7H2. The molecule has 0 aromatic heterocycles. The molecule has 0 bridgehead atoms. The Balaban J connectivity index is 2.13. The second-order valence-corrected chi connectivity index (χ2v) is 4.45. The van der Waals surface area contributed by atoms with Crippen LogP contribution in [0.1, 0.15) is 5.56 Å². The first-order valence-electron chi connectivity index (χ1n) is 5.08. The molecule has 0 spiro atoms. The van der Waals surface area contributed by atoms with Crippen molar-refractivity contribution in [1.82, 2.24) is 0 Å². The Hall–Kier alpha value is -1.49. The fourth-order valence-corrected chi connectivity index (χ4v) is 1.87. The Morgan fingerprint density at radius 3 is 2.33 bits per heavy atom. The van der Waals surface area contributed by atoms with E-state index in [2.05, 4.69) is 15.9 Å². The van der Waals surface area contributed by atoms with Crippen molar-refractivity contribution in [1.29, 1.82) is 0 Å². The molecule has 18 heavy (non-hydrogen) atoms. The molecule has 0 aliphatic heterocycles. The highest BCUT2D eigenvalue weighted by atomic mass is 79.9. The summed E-state index contributed by atoms with van der Waals surface area (Å²) in [6.07, 6.45) is 0. The topological polar surface area (TPSA) is 9.23 Å². The van der Waals surface area contributed by atoms with E-state index in [0.717, 1.165) is 18.2 Å². The minimum atomic E-state index is -0.547. The highest BCUT2D eigenvalue weighted by Gasteiger charge is 2.07. The van der Waals surface area contributed by atoms with Gasteiger partial charge in [-0.3, -0.25) is 0 Å². The monoisotopic (exact) mass is 316 g/mol. The lowest BCUT2D eigenvalue weighted by Crippen LogP contribution is -2.00. The molecule has 0 saturated carbocycles. The number of ether oxygens (including phenoxy) is 1. The van der Waals surface area contributed by atoms with E-state index in [1.54, 1.807) is 0 Å². The molecular weight excluding hydrogens is 309 g/mol. The lowest BCUT2D eigenvalue weighted by molar-refractivity contribution is 0.296. The van der Waals surface area contributed by atoms with Crippen molar-refractivity contribution >= 4 is 15.9 Å². The summed E-state index contributed by atoms with van der Waals surface area (Å²) in [5, 5.41) is 0. The van der Waals surface area contributed by atoms with Crippen LogP contribution < -0.4 is 4.74 Å². The van der Waals surface area contributed by atoms with Crippen molar-refractivity contribution < 1.29 is 17.9 Å². The zero-order valence-electron chi connectivity index (χ0n) is 9.09. The number of rotatable bonds is 3. The lowest BCUT2D eigenvalue weighted by Gasteiger charge is -2.09. The van der Waals surface area contributed by atoms with Gasteiger partial charge in [0.05, 0.1) is 4.47 Å². The zero-order valence-corrected chi connectivity index (χ0v) is 10.7. The normalized spacial score (nSPS) is 10.4. The van der Waals surface area contributed by atoms with Crippen LogP contribution >= 0.6 is 15.9 Å². The molecule has 0 heterocycles. The predicted octanol–water partition coefficient (Wildman–Crippen LogP) is 4.45. The van der Waals surface area contributed by atoms with Gasteiger partial charge in [0.2, 0.25) is 0 Å². The number of benzene rings is 2. The summed E-state index contributed by atoms with van der Waals surface area (Å²) in [5.74, 6) is -1.13. The van der Waals surface area contributed by atoms with E-state index >= 15 is 0 Å². The van der Waals surface area contributed by atoms with Crippen LogP contribution in [0.2, 0.25) is 0 Å². The highest BCUT2D eigenvalue weighted by molar-refractivity contribution is 9.10. The van der Waals surface area contributed by atoms with Crippen LogP contribution in [0.15, 0.2) is 40.9 Å². The third-order valence-electron chi connectivity index (χ3n) is 2.28. The van der Waals surface area contributed by atoms with E-state index < -0.39 is 17.5 Å². The number of halogens is 4. The third kappa shape index (κ3) is 3.04. The van der Waals surface area contributed by atoms with Crippen LogP contribution in [-0.4, -0.2) is 0 Å². The summed E-state index contributed by atoms with van der Waals surface area (Å²) >= 11 is 3.12. The molecule has 94 valence electrons. The smallest absolute Gasteiger partial charge is 0.134 e.